The van der Waals surface area contributed by atoms with E-state index < -0.39 is 27.9 Å². The molecule has 9 heteroatoms. The van der Waals surface area contributed by atoms with Gasteiger partial charge in [0, 0.05) is 17.1 Å². The second kappa shape index (κ2) is 11.6. The molecular formula is C24H29ClN2O5S. The van der Waals surface area contributed by atoms with E-state index in [-0.39, 0.29) is 17.2 Å². The molecule has 0 heterocycles. The maximum absolute atomic E-state index is 13.1. The summed E-state index contributed by atoms with van der Waals surface area (Å²) in [4.78, 5) is 23.9. The minimum atomic E-state index is -3.91. The summed E-state index contributed by atoms with van der Waals surface area (Å²) < 4.78 is 28.5. The Morgan fingerprint density at radius 1 is 1.00 bits per heavy atom. The zero-order valence-corrected chi connectivity index (χ0v) is 19.9. The summed E-state index contributed by atoms with van der Waals surface area (Å²) in [5.41, 5.74) is 1.37. The molecule has 1 aliphatic carbocycles. The number of benzene rings is 2. The Hall–Kier alpha value is -2.42. The predicted octanol–water partition coefficient (Wildman–Crippen LogP) is 4.61. The third-order valence-electron chi connectivity index (χ3n) is 5.88. The first kappa shape index (κ1) is 25.2. The van der Waals surface area contributed by atoms with Crippen LogP contribution in [0.3, 0.4) is 0 Å². The molecule has 1 unspecified atom stereocenters. The molecule has 0 aliphatic heterocycles. The van der Waals surface area contributed by atoms with Crippen molar-refractivity contribution in [3.8, 4) is 0 Å². The van der Waals surface area contributed by atoms with Gasteiger partial charge in [-0.15, -0.1) is 0 Å². The molecule has 3 rings (SSSR count). The van der Waals surface area contributed by atoms with Gasteiger partial charge < -0.3 is 10.4 Å². The molecule has 2 aromatic carbocycles. The van der Waals surface area contributed by atoms with Crippen molar-refractivity contribution in [1.29, 1.82) is 0 Å². The van der Waals surface area contributed by atoms with Crippen LogP contribution in [0.15, 0.2) is 53.4 Å². The fourth-order valence-electron chi connectivity index (χ4n) is 4.07. The van der Waals surface area contributed by atoms with Crippen LogP contribution in [0.5, 0.6) is 0 Å². The number of carboxylic acids is 1. The van der Waals surface area contributed by atoms with Crippen molar-refractivity contribution in [2.24, 2.45) is 5.92 Å². The topological polar surface area (TPSA) is 113 Å². The minimum Gasteiger partial charge on any atom is -0.481 e. The van der Waals surface area contributed by atoms with E-state index in [1.165, 1.54) is 24.3 Å². The molecule has 0 aromatic heterocycles. The van der Waals surface area contributed by atoms with Crippen molar-refractivity contribution < 1.29 is 23.1 Å². The molecule has 3 N–H and O–H groups in total. The number of carbonyl (C=O) groups excluding carboxylic acids is 1. The summed E-state index contributed by atoms with van der Waals surface area (Å²) in [6.45, 7) is 0. The van der Waals surface area contributed by atoms with Gasteiger partial charge in [-0.1, -0.05) is 55.8 Å². The van der Waals surface area contributed by atoms with E-state index in [9.17, 15) is 18.0 Å². The Morgan fingerprint density at radius 2 is 1.64 bits per heavy atom. The zero-order valence-electron chi connectivity index (χ0n) is 18.3. The lowest BCUT2D eigenvalue weighted by atomic mass is 9.85. The number of anilines is 1. The summed E-state index contributed by atoms with van der Waals surface area (Å²) in [7, 11) is -3.91. The summed E-state index contributed by atoms with van der Waals surface area (Å²) in [5.74, 6) is -1.01. The average Bonchev–Trinajstić information content (AvgIpc) is 2.79. The molecule has 0 spiro atoms. The number of amides is 1. The lowest BCUT2D eigenvalue weighted by molar-refractivity contribution is -0.137. The molecule has 178 valence electrons. The summed E-state index contributed by atoms with van der Waals surface area (Å²) in [6, 6.07) is 11.8. The van der Waals surface area contributed by atoms with Crippen molar-refractivity contribution in [2.75, 3.05) is 5.32 Å². The third-order valence-corrected chi connectivity index (χ3v) is 7.62. The van der Waals surface area contributed by atoms with Crippen LogP contribution >= 0.6 is 11.6 Å². The smallest absolute Gasteiger partial charge is 0.303 e. The van der Waals surface area contributed by atoms with Crippen molar-refractivity contribution in [2.45, 2.75) is 62.3 Å². The van der Waals surface area contributed by atoms with Gasteiger partial charge in [0.2, 0.25) is 15.9 Å². The SMILES string of the molecule is O=C(O)CCc1ccc(NC(=O)C(CC2CCCCC2)NS(=O)(=O)c2ccc(Cl)cc2)cc1. The normalized spacial score (nSPS) is 15.7. The van der Waals surface area contributed by atoms with E-state index in [0.29, 0.717) is 23.6 Å². The van der Waals surface area contributed by atoms with Crippen LogP contribution in [-0.2, 0) is 26.0 Å². The molecule has 1 saturated carbocycles. The Morgan fingerprint density at radius 3 is 2.24 bits per heavy atom. The number of sulfonamides is 1. The Kier molecular flexibility index (Phi) is 8.88. The highest BCUT2D eigenvalue weighted by Gasteiger charge is 2.29. The van der Waals surface area contributed by atoms with Gasteiger partial charge in [0.15, 0.2) is 0 Å². The summed E-state index contributed by atoms with van der Waals surface area (Å²) in [6.07, 6.45) is 6.14. The van der Waals surface area contributed by atoms with E-state index in [1.807, 2.05) is 0 Å². The average molecular weight is 493 g/mol. The number of nitrogens with one attached hydrogen (secondary N) is 2. The molecule has 1 atom stereocenters. The monoisotopic (exact) mass is 492 g/mol. The first-order valence-electron chi connectivity index (χ1n) is 11.1. The third kappa shape index (κ3) is 7.84. The molecule has 0 radical (unpaired) electrons. The largest absolute Gasteiger partial charge is 0.481 e. The van der Waals surface area contributed by atoms with Gasteiger partial charge >= 0.3 is 5.97 Å². The molecule has 1 amide bonds. The molecule has 1 aliphatic rings. The number of carboxylic acid groups (broad SMARTS) is 1. The molecular weight excluding hydrogens is 464 g/mol. The summed E-state index contributed by atoms with van der Waals surface area (Å²) >= 11 is 5.87. The van der Waals surface area contributed by atoms with E-state index >= 15 is 0 Å². The van der Waals surface area contributed by atoms with Crippen molar-refractivity contribution in [3.05, 3.63) is 59.1 Å². The van der Waals surface area contributed by atoms with Gasteiger partial charge in [-0.3, -0.25) is 9.59 Å². The number of hydrogen-bond acceptors (Lipinski definition) is 4. The summed E-state index contributed by atoms with van der Waals surface area (Å²) in [5, 5.41) is 12.0. The number of aryl methyl sites for hydroxylation is 1. The van der Waals surface area contributed by atoms with E-state index in [2.05, 4.69) is 10.0 Å². The number of carbonyl (C=O) groups is 2. The quantitative estimate of drug-likeness (QED) is 0.448. The van der Waals surface area contributed by atoms with Gasteiger partial charge in [0.05, 0.1) is 4.90 Å². The number of halogens is 1. The van der Waals surface area contributed by atoms with Crippen LogP contribution in [0.1, 0.15) is 50.5 Å². The molecule has 7 nitrogen and oxygen atoms in total. The zero-order chi connectivity index (χ0) is 23.8. The lowest BCUT2D eigenvalue weighted by Gasteiger charge is -2.26. The molecule has 1 fully saturated rings. The maximum atomic E-state index is 13.1. The van der Waals surface area contributed by atoms with Gasteiger partial charge in [-0.25, -0.2) is 8.42 Å². The first-order valence-corrected chi connectivity index (χ1v) is 13.0. The minimum absolute atomic E-state index is 0.0294. The van der Waals surface area contributed by atoms with Crippen LogP contribution in [0, 0.1) is 5.92 Å². The van der Waals surface area contributed by atoms with Crippen molar-refractivity contribution in [1.82, 2.24) is 4.72 Å². The standard InChI is InChI=1S/C24H29ClN2O5S/c25-19-9-13-21(14-10-19)33(31,32)27-22(16-18-4-2-1-3-5-18)24(30)26-20-11-6-17(7-12-20)8-15-23(28)29/h6-7,9-14,18,22,27H,1-5,8,15-16H2,(H,26,30)(H,28,29). The molecule has 2 aromatic rings. The van der Waals surface area contributed by atoms with Crippen LogP contribution in [-0.4, -0.2) is 31.4 Å². The highest BCUT2D eigenvalue weighted by atomic mass is 35.5. The number of rotatable bonds is 10. The van der Waals surface area contributed by atoms with Crippen LogP contribution < -0.4 is 10.0 Å². The van der Waals surface area contributed by atoms with Crippen LogP contribution in [0.2, 0.25) is 5.02 Å². The second-order valence-electron chi connectivity index (χ2n) is 8.45. The van der Waals surface area contributed by atoms with Gasteiger partial charge in [-0.05, 0) is 60.7 Å². The van der Waals surface area contributed by atoms with Crippen LogP contribution in [0.4, 0.5) is 5.69 Å². The van der Waals surface area contributed by atoms with E-state index in [1.54, 1.807) is 24.3 Å². The molecule has 33 heavy (non-hydrogen) atoms. The van der Waals surface area contributed by atoms with E-state index in [4.69, 9.17) is 16.7 Å². The molecule has 0 saturated heterocycles. The molecule has 0 bridgehead atoms. The number of aliphatic carboxylic acids is 1. The maximum Gasteiger partial charge on any atom is 0.303 e. The lowest BCUT2D eigenvalue weighted by Crippen LogP contribution is -2.45. The van der Waals surface area contributed by atoms with Gasteiger partial charge in [-0.2, -0.15) is 4.72 Å². The second-order valence-corrected chi connectivity index (χ2v) is 10.6. The van der Waals surface area contributed by atoms with Gasteiger partial charge in [0.25, 0.3) is 0 Å². The fraction of sp³-hybridized carbons (Fsp3) is 0.417. The highest BCUT2D eigenvalue weighted by molar-refractivity contribution is 7.89. The van der Waals surface area contributed by atoms with E-state index in [0.717, 1.165) is 37.7 Å². The first-order chi connectivity index (χ1) is 15.7. The van der Waals surface area contributed by atoms with Crippen LogP contribution in [0.25, 0.3) is 0 Å². The fourth-order valence-corrected chi connectivity index (χ4v) is 5.40. The van der Waals surface area contributed by atoms with Crippen molar-refractivity contribution in [3.63, 3.8) is 0 Å². The number of hydrogen-bond donors (Lipinski definition) is 3. The predicted molar refractivity (Wildman–Crippen MR) is 128 cm³/mol. The van der Waals surface area contributed by atoms with Gasteiger partial charge in [0.1, 0.15) is 6.04 Å². The Balaban J connectivity index is 1.73. The highest BCUT2D eigenvalue weighted by Crippen LogP contribution is 2.28. The van der Waals surface area contributed by atoms with Crippen molar-refractivity contribution >= 4 is 39.2 Å². The Bertz CT molecular complexity index is 1050. The Labute approximate surface area is 199 Å².